The first kappa shape index (κ1) is 14.9. The van der Waals surface area contributed by atoms with Crippen molar-refractivity contribution in [1.29, 1.82) is 0 Å². The predicted molar refractivity (Wildman–Crippen MR) is 57.9 cm³/mol. The van der Waals surface area contributed by atoms with E-state index in [1.165, 1.54) is 10.3 Å². The average Bonchev–Trinajstić information content (AvgIpc) is 2.59. The summed E-state index contributed by atoms with van der Waals surface area (Å²) in [5, 5.41) is 0. The van der Waals surface area contributed by atoms with Crippen molar-refractivity contribution in [1.82, 2.24) is 15.8 Å². The monoisotopic (exact) mass is 315 g/mol. The van der Waals surface area contributed by atoms with Crippen molar-refractivity contribution in [2.45, 2.75) is 13.3 Å². The Hall–Kier alpha value is -1.09. The molecule has 2 N–H and O–H groups in total. The van der Waals surface area contributed by atoms with Crippen LogP contribution < -0.4 is 10.9 Å². The number of aryl methyl sites for hydroxylation is 1. The minimum absolute atomic E-state index is 0.0836. The zero-order valence-electron chi connectivity index (χ0n) is 8.04. The molecule has 1 aromatic rings. The van der Waals surface area contributed by atoms with E-state index in [-0.39, 0.29) is 6.41 Å². The summed E-state index contributed by atoms with van der Waals surface area (Å²) in [7, 11) is 0. The van der Waals surface area contributed by atoms with E-state index in [4.69, 9.17) is 0 Å². The van der Waals surface area contributed by atoms with Crippen molar-refractivity contribution in [3.05, 3.63) is 15.0 Å². The van der Waals surface area contributed by atoms with Gasteiger partial charge in [-0.15, -0.1) is 11.3 Å². The molecule has 0 atom stereocenters. The van der Waals surface area contributed by atoms with Gasteiger partial charge in [0.15, 0.2) is 3.92 Å². The Kier molecular flexibility index (Phi) is 7.56. The molecule has 0 aliphatic heterocycles. The van der Waals surface area contributed by atoms with Gasteiger partial charge in [0, 0.05) is 11.1 Å². The summed E-state index contributed by atoms with van der Waals surface area (Å²) in [4.78, 5) is 24.4. The Morgan fingerprint density at radius 3 is 2.56 bits per heavy atom. The lowest BCUT2D eigenvalue weighted by Crippen LogP contribution is -2.39. The zero-order valence-corrected chi connectivity index (χ0v) is 10.4. The molecule has 0 saturated carbocycles. The number of nitrogens with zero attached hydrogens (tertiary/aromatic N) is 1. The summed E-state index contributed by atoms with van der Waals surface area (Å²) in [5.41, 5.74) is 2.99. The highest BCUT2D eigenvalue weighted by Gasteiger charge is 2.12. The first-order valence-electron chi connectivity index (χ1n) is 3.82. The van der Waals surface area contributed by atoms with Gasteiger partial charge in [-0.05, 0) is 22.9 Å². The van der Waals surface area contributed by atoms with Gasteiger partial charge in [0.2, 0.25) is 6.41 Å². The van der Waals surface area contributed by atoms with Gasteiger partial charge in [0.25, 0.3) is 0 Å². The summed E-state index contributed by atoms with van der Waals surface area (Å²) in [6.07, 6.45) is -1.17. The lowest BCUT2D eigenvalue weighted by Gasteiger charge is -1.98. The van der Waals surface area contributed by atoms with E-state index < -0.39 is 12.3 Å². The van der Waals surface area contributed by atoms with Gasteiger partial charge in [0.1, 0.15) is 0 Å². The summed E-state index contributed by atoms with van der Waals surface area (Å²) < 4.78 is 23.3. The van der Waals surface area contributed by atoms with Gasteiger partial charge in [-0.2, -0.15) is 8.78 Å². The van der Waals surface area contributed by atoms with Crippen LogP contribution in [0.25, 0.3) is 0 Å². The van der Waals surface area contributed by atoms with Crippen LogP contribution in [0.15, 0.2) is 10.1 Å². The quantitative estimate of drug-likeness (QED) is 0.651. The highest BCUT2D eigenvalue weighted by molar-refractivity contribution is 9.11. The minimum Gasteiger partial charge on any atom is -0.277 e. The number of carbonyl (C=O) groups excluding carboxylic acids is 2. The average molecular weight is 316 g/mol. The van der Waals surface area contributed by atoms with Crippen molar-refractivity contribution in [2.75, 3.05) is 0 Å². The van der Waals surface area contributed by atoms with Crippen LogP contribution in [0.4, 0.5) is 8.78 Å². The van der Waals surface area contributed by atoms with Crippen molar-refractivity contribution in [3.63, 3.8) is 0 Å². The maximum Gasteiger partial charge on any atom is 0.317 e. The van der Waals surface area contributed by atoms with Crippen molar-refractivity contribution >= 4 is 39.6 Å². The van der Waals surface area contributed by atoms with E-state index in [1.54, 1.807) is 16.8 Å². The molecule has 9 heteroatoms. The molecule has 1 heterocycles. The van der Waals surface area contributed by atoms with Gasteiger partial charge in [-0.3, -0.25) is 20.4 Å². The standard InChI is InChI=1S/C4H4BrNS.C3H4F2N2O2/c1-3-2-6-4(5)7-3;4-2(5)3(9)7-6-1-8/h2H,1H3;1-2H,(H,6,8)(H,7,9). The molecular formula is C7H8BrF2N3O2S. The number of thiazole rings is 1. The molecule has 0 radical (unpaired) electrons. The third-order valence-corrected chi connectivity index (χ3v) is 2.44. The Labute approximate surface area is 102 Å². The highest BCUT2D eigenvalue weighted by Crippen LogP contribution is 2.16. The van der Waals surface area contributed by atoms with Crippen LogP contribution >= 0.6 is 27.3 Å². The highest BCUT2D eigenvalue weighted by atomic mass is 79.9. The van der Waals surface area contributed by atoms with E-state index in [0.29, 0.717) is 0 Å². The van der Waals surface area contributed by atoms with E-state index in [2.05, 4.69) is 20.9 Å². The van der Waals surface area contributed by atoms with Gasteiger partial charge >= 0.3 is 12.3 Å². The van der Waals surface area contributed by atoms with Gasteiger partial charge < -0.3 is 0 Å². The lowest BCUT2D eigenvalue weighted by molar-refractivity contribution is -0.134. The number of carbonyl (C=O) groups is 2. The molecule has 0 unspecified atom stereocenters. The van der Waals surface area contributed by atoms with E-state index in [0.717, 1.165) is 3.92 Å². The zero-order chi connectivity index (χ0) is 12.6. The summed E-state index contributed by atoms with van der Waals surface area (Å²) in [6.45, 7) is 2.03. The topological polar surface area (TPSA) is 71.1 Å². The molecule has 1 aromatic heterocycles. The molecule has 0 aromatic carbocycles. The van der Waals surface area contributed by atoms with Gasteiger partial charge in [-0.1, -0.05) is 0 Å². The second-order valence-corrected chi connectivity index (χ2v) is 4.79. The van der Waals surface area contributed by atoms with Gasteiger partial charge in [0.05, 0.1) is 0 Å². The summed E-state index contributed by atoms with van der Waals surface area (Å²) in [6, 6.07) is 0. The normalized spacial score (nSPS) is 9.06. The molecule has 0 bridgehead atoms. The van der Waals surface area contributed by atoms with Crippen LogP contribution in [0, 0.1) is 6.92 Å². The summed E-state index contributed by atoms with van der Waals surface area (Å²) >= 11 is 4.89. The van der Waals surface area contributed by atoms with Crippen LogP contribution in [0.1, 0.15) is 4.88 Å². The Balaban J connectivity index is 0.000000288. The third-order valence-electron chi connectivity index (χ3n) is 1.05. The maximum absolute atomic E-state index is 11.2. The first-order chi connectivity index (χ1) is 7.47. The van der Waals surface area contributed by atoms with E-state index in [9.17, 15) is 18.4 Å². The number of alkyl halides is 2. The van der Waals surface area contributed by atoms with E-state index in [1.807, 2.05) is 13.1 Å². The van der Waals surface area contributed by atoms with E-state index >= 15 is 0 Å². The molecular weight excluding hydrogens is 308 g/mol. The predicted octanol–water partition coefficient (Wildman–Crippen LogP) is 1.24. The van der Waals surface area contributed by atoms with Crippen LogP contribution in [0.3, 0.4) is 0 Å². The smallest absolute Gasteiger partial charge is 0.277 e. The second kappa shape index (κ2) is 8.11. The number of halogens is 3. The minimum atomic E-state index is -3.10. The largest absolute Gasteiger partial charge is 0.317 e. The molecule has 1 rings (SSSR count). The fraction of sp³-hybridized carbons (Fsp3) is 0.286. The van der Waals surface area contributed by atoms with Crippen LogP contribution in [-0.4, -0.2) is 23.7 Å². The number of hydrogen-bond donors (Lipinski definition) is 2. The fourth-order valence-corrected chi connectivity index (χ4v) is 1.83. The Morgan fingerprint density at radius 2 is 2.31 bits per heavy atom. The molecule has 0 aliphatic rings. The first-order valence-corrected chi connectivity index (χ1v) is 5.43. The SMILES string of the molecule is Cc1cnc(Br)s1.O=CNNC(=O)C(F)F. The Bertz CT molecular complexity index is 332. The van der Waals surface area contributed by atoms with Crippen LogP contribution in [0.5, 0.6) is 0 Å². The molecule has 0 saturated heterocycles. The molecule has 0 fully saturated rings. The van der Waals surface area contributed by atoms with Gasteiger partial charge in [-0.25, -0.2) is 4.98 Å². The number of aromatic nitrogens is 1. The number of hydrogen-bond acceptors (Lipinski definition) is 4. The fourth-order valence-electron chi connectivity index (χ4n) is 0.482. The molecule has 0 spiro atoms. The number of hydrazine groups is 1. The molecule has 0 aliphatic carbocycles. The number of rotatable bonds is 3. The number of amides is 2. The molecule has 90 valence electrons. The Morgan fingerprint density at radius 1 is 1.69 bits per heavy atom. The molecule has 5 nitrogen and oxygen atoms in total. The van der Waals surface area contributed by atoms with Crippen LogP contribution in [0.2, 0.25) is 0 Å². The van der Waals surface area contributed by atoms with Crippen molar-refractivity contribution in [2.24, 2.45) is 0 Å². The van der Waals surface area contributed by atoms with Crippen molar-refractivity contribution in [3.8, 4) is 0 Å². The lowest BCUT2D eigenvalue weighted by atomic mass is 10.7. The second-order valence-electron chi connectivity index (χ2n) is 2.28. The molecule has 2 amide bonds. The molecule has 16 heavy (non-hydrogen) atoms. The maximum atomic E-state index is 11.2. The van der Waals surface area contributed by atoms with Crippen molar-refractivity contribution < 1.29 is 18.4 Å². The number of nitrogens with one attached hydrogen (secondary N) is 2. The van der Waals surface area contributed by atoms with Crippen LogP contribution in [-0.2, 0) is 9.59 Å². The third kappa shape index (κ3) is 7.23. The summed E-state index contributed by atoms with van der Waals surface area (Å²) in [5.74, 6) is -1.53.